The van der Waals surface area contributed by atoms with E-state index in [0.29, 0.717) is 0 Å². The number of para-hydroxylation sites is 2. The molecule has 2 nitrogen and oxygen atoms in total. The largest absolute Gasteiger partial charge is 0.256 e. The Morgan fingerprint density at radius 3 is 1.23 bits per heavy atom. The van der Waals surface area contributed by atoms with E-state index >= 15 is 0 Å². The summed E-state index contributed by atoms with van der Waals surface area (Å²) in [7, 11) is 0. The number of hydrogen-bond acceptors (Lipinski definition) is 2. The average molecular weight is 514 g/mol. The van der Waals surface area contributed by atoms with Gasteiger partial charge in [0.1, 0.15) is 0 Å². The van der Waals surface area contributed by atoms with Crippen molar-refractivity contribution in [3.05, 3.63) is 85.2 Å². The van der Waals surface area contributed by atoms with Crippen molar-refractivity contribution in [3.63, 3.8) is 0 Å². The van der Waals surface area contributed by atoms with E-state index in [1.807, 2.05) is 60.9 Å². The van der Waals surface area contributed by atoms with Crippen LogP contribution in [0.4, 0.5) is 0 Å². The standard InChI is InChI=1S/2C9H7N.2HI/c2*1-2-6-9-8(4-1)5-3-7-10-9;;/h2*1-7H;2*1H. The molecule has 4 aromatic rings. The number of aromatic nitrogens is 2. The van der Waals surface area contributed by atoms with E-state index in [-0.39, 0.29) is 48.0 Å². The van der Waals surface area contributed by atoms with Crippen LogP contribution in [0.15, 0.2) is 85.2 Å². The summed E-state index contributed by atoms with van der Waals surface area (Å²) in [5, 5.41) is 2.40. The van der Waals surface area contributed by atoms with Gasteiger partial charge in [0.2, 0.25) is 0 Å². The van der Waals surface area contributed by atoms with Crippen molar-refractivity contribution >= 4 is 69.8 Å². The molecule has 2 heterocycles. The van der Waals surface area contributed by atoms with Gasteiger partial charge in [-0.25, -0.2) is 0 Å². The predicted molar refractivity (Wildman–Crippen MR) is 114 cm³/mol. The molecule has 0 saturated heterocycles. The summed E-state index contributed by atoms with van der Waals surface area (Å²) in [6.45, 7) is 0. The maximum Gasteiger partial charge on any atom is 0.0701 e. The van der Waals surface area contributed by atoms with Crippen LogP contribution < -0.4 is 0 Å². The number of fused-ring (bicyclic) bond motifs is 2. The average Bonchev–Trinajstić information content (AvgIpc) is 2.56. The van der Waals surface area contributed by atoms with Crippen LogP contribution in [0.1, 0.15) is 0 Å². The molecule has 0 bridgehead atoms. The molecule has 0 atom stereocenters. The zero-order valence-electron chi connectivity index (χ0n) is 11.8. The van der Waals surface area contributed by atoms with E-state index < -0.39 is 0 Å². The van der Waals surface area contributed by atoms with Crippen LogP contribution in [0.25, 0.3) is 21.8 Å². The Hall–Kier alpha value is -1.28. The Bertz CT molecular complexity index is 632. The third kappa shape index (κ3) is 4.88. The molecular weight excluding hydrogens is 498 g/mol. The zero-order chi connectivity index (χ0) is 13.6. The lowest BCUT2D eigenvalue weighted by atomic mass is 10.2. The van der Waals surface area contributed by atoms with Gasteiger partial charge in [0.05, 0.1) is 11.0 Å². The summed E-state index contributed by atoms with van der Waals surface area (Å²) >= 11 is 0. The van der Waals surface area contributed by atoms with Gasteiger partial charge in [-0.1, -0.05) is 48.5 Å². The van der Waals surface area contributed by atoms with E-state index in [1.165, 1.54) is 10.8 Å². The summed E-state index contributed by atoms with van der Waals surface area (Å²) in [6, 6.07) is 24.2. The third-order valence-electron chi connectivity index (χ3n) is 3.02. The Morgan fingerprint density at radius 2 is 0.818 bits per heavy atom. The fourth-order valence-electron chi connectivity index (χ4n) is 2.03. The topological polar surface area (TPSA) is 25.8 Å². The number of rotatable bonds is 0. The monoisotopic (exact) mass is 514 g/mol. The number of nitrogens with zero attached hydrogens (tertiary/aromatic N) is 2. The first-order valence-electron chi connectivity index (χ1n) is 6.53. The van der Waals surface area contributed by atoms with Gasteiger partial charge >= 0.3 is 0 Å². The van der Waals surface area contributed by atoms with Crippen molar-refractivity contribution in [2.75, 3.05) is 0 Å². The van der Waals surface area contributed by atoms with Crippen LogP contribution in [-0.4, -0.2) is 9.97 Å². The van der Waals surface area contributed by atoms with E-state index in [0.717, 1.165) is 11.0 Å². The first-order valence-corrected chi connectivity index (χ1v) is 6.53. The zero-order valence-corrected chi connectivity index (χ0v) is 16.5. The minimum atomic E-state index is 0. The lowest BCUT2D eigenvalue weighted by Crippen LogP contribution is -1.73. The Labute approximate surface area is 164 Å². The maximum atomic E-state index is 4.18. The van der Waals surface area contributed by atoms with Crippen molar-refractivity contribution < 1.29 is 0 Å². The molecule has 2 aromatic carbocycles. The van der Waals surface area contributed by atoms with Crippen molar-refractivity contribution in [1.82, 2.24) is 9.97 Å². The quantitative estimate of drug-likeness (QED) is 0.282. The van der Waals surface area contributed by atoms with Gasteiger partial charge in [-0.05, 0) is 24.3 Å². The summed E-state index contributed by atoms with van der Waals surface area (Å²) in [5.74, 6) is 0. The van der Waals surface area contributed by atoms with Crippen LogP contribution in [-0.2, 0) is 0 Å². The smallest absolute Gasteiger partial charge is 0.0701 e. The van der Waals surface area contributed by atoms with Crippen LogP contribution in [0.5, 0.6) is 0 Å². The highest BCUT2D eigenvalue weighted by molar-refractivity contribution is 14.0. The molecule has 2 aromatic heterocycles. The highest BCUT2D eigenvalue weighted by atomic mass is 127. The first kappa shape index (κ1) is 18.8. The number of pyridine rings is 2. The molecule has 0 aliphatic heterocycles. The molecule has 112 valence electrons. The summed E-state index contributed by atoms with van der Waals surface area (Å²) < 4.78 is 0. The molecule has 0 fully saturated rings. The highest BCUT2D eigenvalue weighted by Crippen LogP contribution is 2.08. The molecule has 0 radical (unpaired) electrons. The second-order valence-corrected chi connectivity index (χ2v) is 4.39. The highest BCUT2D eigenvalue weighted by Gasteiger charge is 1.87. The van der Waals surface area contributed by atoms with Crippen LogP contribution in [0.3, 0.4) is 0 Å². The molecule has 0 N–H and O–H groups in total. The van der Waals surface area contributed by atoms with Crippen LogP contribution in [0.2, 0.25) is 0 Å². The predicted octanol–water partition coefficient (Wildman–Crippen LogP) is 5.71. The lowest BCUT2D eigenvalue weighted by molar-refractivity contribution is 1.41. The van der Waals surface area contributed by atoms with Gasteiger partial charge in [-0.3, -0.25) is 9.97 Å². The minimum Gasteiger partial charge on any atom is -0.256 e. The van der Waals surface area contributed by atoms with Crippen molar-refractivity contribution in [3.8, 4) is 0 Å². The summed E-state index contributed by atoms with van der Waals surface area (Å²) in [4.78, 5) is 8.36. The molecule has 0 unspecified atom stereocenters. The van der Waals surface area contributed by atoms with Crippen molar-refractivity contribution in [2.45, 2.75) is 0 Å². The summed E-state index contributed by atoms with van der Waals surface area (Å²) in [6.07, 6.45) is 3.62. The molecule has 0 aliphatic carbocycles. The number of halogens is 2. The molecule has 0 spiro atoms. The van der Waals surface area contributed by atoms with E-state index in [4.69, 9.17) is 0 Å². The molecular formula is C18H16I2N2. The van der Waals surface area contributed by atoms with Gasteiger partial charge in [-0.2, -0.15) is 0 Å². The van der Waals surface area contributed by atoms with Gasteiger partial charge in [0.15, 0.2) is 0 Å². The Morgan fingerprint density at radius 1 is 0.455 bits per heavy atom. The Balaban J connectivity index is 0.000000202. The Kier molecular flexibility index (Phi) is 8.26. The van der Waals surface area contributed by atoms with Gasteiger partial charge < -0.3 is 0 Å². The maximum absolute atomic E-state index is 4.18. The molecule has 0 aliphatic rings. The second-order valence-electron chi connectivity index (χ2n) is 4.39. The summed E-state index contributed by atoms with van der Waals surface area (Å²) in [5.41, 5.74) is 2.12. The molecule has 0 saturated carbocycles. The third-order valence-corrected chi connectivity index (χ3v) is 3.02. The fourth-order valence-corrected chi connectivity index (χ4v) is 2.03. The van der Waals surface area contributed by atoms with E-state index in [1.54, 1.807) is 0 Å². The lowest BCUT2D eigenvalue weighted by Gasteiger charge is -1.91. The van der Waals surface area contributed by atoms with Crippen molar-refractivity contribution in [1.29, 1.82) is 0 Å². The van der Waals surface area contributed by atoms with E-state index in [9.17, 15) is 0 Å². The normalized spacial score (nSPS) is 9.09. The van der Waals surface area contributed by atoms with Gasteiger partial charge in [-0.15, -0.1) is 48.0 Å². The minimum absolute atomic E-state index is 0. The fraction of sp³-hybridized carbons (Fsp3) is 0. The second kappa shape index (κ2) is 9.68. The van der Waals surface area contributed by atoms with Gasteiger partial charge in [0, 0.05) is 23.2 Å². The number of benzene rings is 2. The number of hydrogen-bond donors (Lipinski definition) is 0. The SMILES string of the molecule is I.I.c1ccc2ncccc2c1.c1ccc2ncccc2c1. The van der Waals surface area contributed by atoms with E-state index in [2.05, 4.69) is 34.2 Å². The molecule has 0 amide bonds. The van der Waals surface area contributed by atoms with Crippen LogP contribution >= 0.6 is 48.0 Å². The molecule has 4 rings (SSSR count). The molecule has 22 heavy (non-hydrogen) atoms. The van der Waals surface area contributed by atoms with Crippen molar-refractivity contribution in [2.24, 2.45) is 0 Å². The first-order chi connectivity index (χ1) is 9.93. The van der Waals surface area contributed by atoms with Gasteiger partial charge in [0.25, 0.3) is 0 Å². The molecule has 4 heteroatoms. The van der Waals surface area contributed by atoms with Crippen LogP contribution in [0, 0.1) is 0 Å².